The van der Waals surface area contributed by atoms with Crippen LogP contribution in [0, 0.1) is 13.8 Å². The molecule has 1 unspecified atom stereocenters. The highest BCUT2D eigenvalue weighted by Gasteiger charge is 2.18. The van der Waals surface area contributed by atoms with E-state index in [2.05, 4.69) is 5.32 Å². The van der Waals surface area contributed by atoms with E-state index in [1.54, 1.807) is 53.0 Å². The van der Waals surface area contributed by atoms with Gasteiger partial charge < -0.3 is 24.6 Å². The molecule has 0 radical (unpaired) electrons. The second-order valence-corrected chi connectivity index (χ2v) is 9.04. The van der Waals surface area contributed by atoms with Gasteiger partial charge in [0.2, 0.25) is 0 Å². The lowest BCUT2D eigenvalue weighted by Gasteiger charge is -2.20. The number of esters is 1. The van der Waals surface area contributed by atoms with Gasteiger partial charge in [-0.05, 0) is 76.4 Å². The molecule has 0 aliphatic rings. The number of amides is 1. The smallest absolute Gasteiger partial charge is 0.408 e. The van der Waals surface area contributed by atoms with Crippen LogP contribution in [0.1, 0.15) is 44.4 Å². The number of ether oxygens (including phenoxy) is 3. The standard InChI is InChI=1S/C18H27NO5.C7H7ClO/c1-12-7-8-14(15(9-12)22-6)10-13(2)23-16(20)11-19-17(21)24-18(3,4)5;1-5-2-3-7(9)6(8)4-5/h7-9,13H,10-11H2,1-6H3,(H,19,21);2-4,9H,1H3. The summed E-state index contributed by atoms with van der Waals surface area (Å²) in [5.41, 5.74) is 2.51. The molecule has 182 valence electrons. The molecule has 0 fully saturated rings. The van der Waals surface area contributed by atoms with Crippen LogP contribution < -0.4 is 10.1 Å². The summed E-state index contributed by atoms with van der Waals surface area (Å²) < 4.78 is 15.7. The molecule has 2 aromatic carbocycles. The van der Waals surface area contributed by atoms with E-state index in [0.717, 1.165) is 22.4 Å². The minimum atomic E-state index is -0.646. The minimum absolute atomic E-state index is 0.141. The number of rotatable bonds is 6. The van der Waals surface area contributed by atoms with E-state index in [1.807, 2.05) is 32.0 Å². The monoisotopic (exact) mass is 479 g/mol. The van der Waals surface area contributed by atoms with Crippen molar-refractivity contribution < 1.29 is 28.9 Å². The van der Waals surface area contributed by atoms with Gasteiger partial charge in [-0.2, -0.15) is 0 Å². The van der Waals surface area contributed by atoms with Crippen LogP contribution in [0.3, 0.4) is 0 Å². The molecule has 0 aliphatic carbocycles. The van der Waals surface area contributed by atoms with Gasteiger partial charge in [-0.25, -0.2) is 4.79 Å². The summed E-state index contributed by atoms with van der Waals surface area (Å²) in [7, 11) is 1.61. The molecule has 2 N–H and O–H groups in total. The lowest BCUT2D eigenvalue weighted by atomic mass is 10.1. The highest BCUT2D eigenvalue weighted by molar-refractivity contribution is 6.32. The van der Waals surface area contributed by atoms with Crippen LogP contribution in [0.4, 0.5) is 4.79 Å². The summed E-state index contributed by atoms with van der Waals surface area (Å²) in [4.78, 5) is 23.3. The van der Waals surface area contributed by atoms with Gasteiger partial charge in [-0.15, -0.1) is 0 Å². The number of hydrogen-bond donors (Lipinski definition) is 2. The Hall–Kier alpha value is -2.93. The third-order valence-corrected chi connectivity index (χ3v) is 4.46. The van der Waals surface area contributed by atoms with Crippen molar-refractivity contribution in [3.63, 3.8) is 0 Å². The topological polar surface area (TPSA) is 94.1 Å². The van der Waals surface area contributed by atoms with Crippen molar-refractivity contribution in [2.75, 3.05) is 13.7 Å². The average molecular weight is 480 g/mol. The van der Waals surface area contributed by atoms with E-state index in [0.29, 0.717) is 11.4 Å². The predicted molar refractivity (Wildman–Crippen MR) is 129 cm³/mol. The zero-order valence-corrected chi connectivity index (χ0v) is 21.1. The van der Waals surface area contributed by atoms with E-state index in [4.69, 9.17) is 30.9 Å². The van der Waals surface area contributed by atoms with Crippen molar-refractivity contribution in [2.24, 2.45) is 0 Å². The highest BCUT2D eigenvalue weighted by Crippen LogP contribution is 2.23. The zero-order valence-electron chi connectivity index (χ0n) is 20.3. The first kappa shape index (κ1) is 28.1. The van der Waals surface area contributed by atoms with E-state index in [9.17, 15) is 9.59 Å². The molecule has 0 heterocycles. The maximum Gasteiger partial charge on any atom is 0.408 e. The molecular formula is C25H34ClNO6. The van der Waals surface area contributed by atoms with E-state index < -0.39 is 17.7 Å². The summed E-state index contributed by atoms with van der Waals surface area (Å²) in [5.74, 6) is 0.395. The fourth-order valence-corrected chi connectivity index (χ4v) is 2.94. The van der Waals surface area contributed by atoms with E-state index >= 15 is 0 Å². The Morgan fingerprint density at radius 2 is 1.70 bits per heavy atom. The molecule has 2 aromatic rings. The van der Waals surface area contributed by atoms with Gasteiger partial charge in [0, 0.05) is 6.42 Å². The lowest BCUT2D eigenvalue weighted by Crippen LogP contribution is -2.36. The maximum atomic E-state index is 11.8. The van der Waals surface area contributed by atoms with Crippen molar-refractivity contribution in [3.05, 3.63) is 58.1 Å². The zero-order chi connectivity index (χ0) is 25.2. The molecule has 0 saturated heterocycles. The van der Waals surface area contributed by atoms with Crippen LogP contribution in [-0.2, 0) is 20.7 Å². The van der Waals surface area contributed by atoms with Crippen LogP contribution in [0.15, 0.2) is 36.4 Å². The Balaban J connectivity index is 0.000000502. The fourth-order valence-electron chi connectivity index (χ4n) is 2.71. The van der Waals surface area contributed by atoms with Crippen LogP contribution >= 0.6 is 11.6 Å². The van der Waals surface area contributed by atoms with Gasteiger partial charge in [-0.1, -0.05) is 29.8 Å². The number of nitrogens with one attached hydrogen (secondary N) is 1. The number of carbonyl (C=O) groups excluding carboxylic acids is 2. The number of alkyl carbamates (subject to hydrolysis) is 1. The lowest BCUT2D eigenvalue weighted by molar-refractivity contribution is -0.147. The molecule has 0 bridgehead atoms. The molecule has 33 heavy (non-hydrogen) atoms. The highest BCUT2D eigenvalue weighted by atomic mass is 35.5. The number of phenols is 1. The second kappa shape index (κ2) is 12.9. The Bertz CT molecular complexity index is 939. The summed E-state index contributed by atoms with van der Waals surface area (Å²) in [6.45, 7) is 10.7. The summed E-state index contributed by atoms with van der Waals surface area (Å²) in [6, 6.07) is 11.0. The number of methoxy groups -OCH3 is 1. The van der Waals surface area contributed by atoms with Gasteiger partial charge >= 0.3 is 12.1 Å². The first-order valence-corrected chi connectivity index (χ1v) is 10.9. The third kappa shape index (κ3) is 11.5. The average Bonchev–Trinajstić information content (AvgIpc) is 2.70. The Kier molecular flexibility index (Phi) is 11.0. The number of aryl methyl sites for hydroxylation is 2. The Morgan fingerprint density at radius 3 is 2.24 bits per heavy atom. The summed E-state index contributed by atoms with van der Waals surface area (Å²) in [5, 5.41) is 11.7. The fraction of sp³-hybridized carbons (Fsp3) is 0.440. The number of phenolic OH excluding ortho intramolecular Hbond substituents is 1. The molecule has 8 heteroatoms. The first-order chi connectivity index (χ1) is 15.3. The van der Waals surface area contributed by atoms with Gasteiger partial charge in [-0.3, -0.25) is 4.79 Å². The molecular weight excluding hydrogens is 446 g/mol. The Labute approximate surface area is 201 Å². The number of benzene rings is 2. The maximum absolute atomic E-state index is 11.8. The Morgan fingerprint density at radius 1 is 1.09 bits per heavy atom. The summed E-state index contributed by atoms with van der Waals surface area (Å²) in [6.07, 6.45) is -0.455. The van der Waals surface area contributed by atoms with Crippen molar-refractivity contribution in [2.45, 2.75) is 59.7 Å². The van der Waals surface area contributed by atoms with Crippen molar-refractivity contribution in [1.82, 2.24) is 5.32 Å². The van der Waals surface area contributed by atoms with E-state index in [-0.39, 0.29) is 18.4 Å². The summed E-state index contributed by atoms with van der Waals surface area (Å²) >= 11 is 5.56. The SMILES string of the molecule is COc1cc(C)ccc1CC(C)OC(=O)CNC(=O)OC(C)(C)C.Cc1ccc(O)c(Cl)c1. The van der Waals surface area contributed by atoms with Crippen molar-refractivity contribution in [3.8, 4) is 11.5 Å². The van der Waals surface area contributed by atoms with Crippen LogP contribution in [-0.4, -0.2) is 42.5 Å². The van der Waals surface area contributed by atoms with E-state index in [1.165, 1.54) is 0 Å². The van der Waals surface area contributed by atoms with Gasteiger partial charge in [0.05, 0.1) is 12.1 Å². The molecule has 1 amide bonds. The number of halogens is 1. The largest absolute Gasteiger partial charge is 0.506 e. The quantitative estimate of drug-likeness (QED) is 0.542. The van der Waals surface area contributed by atoms with Crippen molar-refractivity contribution in [1.29, 1.82) is 0 Å². The molecule has 7 nitrogen and oxygen atoms in total. The normalized spacial score (nSPS) is 11.5. The number of aromatic hydroxyl groups is 1. The molecule has 2 rings (SSSR count). The number of carbonyl (C=O) groups is 2. The van der Waals surface area contributed by atoms with Crippen LogP contribution in [0.5, 0.6) is 11.5 Å². The van der Waals surface area contributed by atoms with Crippen LogP contribution in [0.25, 0.3) is 0 Å². The number of hydrogen-bond acceptors (Lipinski definition) is 6. The third-order valence-electron chi connectivity index (χ3n) is 4.16. The van der Waals surface area contributed by atoms with Gasteiger partial charge in [0.25, 0.3) is 0 Å². The first-order valence-electron chi connectivity index (χ1n) is 10.6. The molecule has 1 atom stereocenters. The van der Waals surface area contributed by atoms with Gasteiger partial charge in [0.15, 0.2) is 0 Å². The molecule has 0 saturated carbocycles. The minimum Gasteiger partial charge on any atom is -0.506 e. The molecule has 0 aliphatic heterocycles. The predicted octanol–water partition coefficient (Wildman–Crippen LogP) is 5.36. The van der Waals surface area contributed by atoms with Crippen molar-refractivity contribution >= 4 is 23.7 Å². The second-order valence-electron chi connectivity index (χ2n) is 8.63. The molecule has 0 spiro atoms. The van der Waals surface area contributed by atoms with Gasteiger partial charge in [0.1, 0.15) is 29.7 Å². The molecule has 0 aromatic heterocycles. The van der Waals surface area contributed by atoms with Crippen LogP contribution in [0.2, 0.25) is 5.02 Å².